The van der Waals surface area contributed by atoms with Gasteiger partial charge in [0.15, 0.2) is 0 Å². The molecular weight excluding hydrogens is 202 g/mol. The molecule has 0 bridgehead atoms. The van der Waals surface area contributed by atoms with Crippen LogP contribution < -0.4 is 10.6 Å². The zero-order valence-electron chi connectivity index (χ0n) is 9.80. The molecule has 1 fully saturated rings. The average molecular weight is 223 g/mol. The monoisotopic (exact) mass is 223 g/mol. The lowest BCUT2D eigenvalue weighted by atomic mass is 9.94. The topological polar surface area (TPSA) is 64.9 Å². The third kappa shape index (κ3) is 5.72. The van der Waals surface area contributed by atoms with Gasteiger partial charge in [-0.2, -0.15) is 5.26 Å². The molecule has 0 aromatic heterocycles. The van der Waals surface area contributed by atoms with Gasteiger partial charge in [0.1, 0.15) is 0 Å². The van der Waals surface area contributed by atoms with E-state index in [9.17, 15) is 4.79 Å². The number of amides is 1. The Bertz CT molecular complexity index is 241. The molecule has 1 heterocycles. The van der Waals surface area contributed by atoms with Gasteiger partial charge < -0.3 is 10.6 Å². The van der Waals surface area contributed by atoms with E-state index in [0.717, 1.165) is 38.8 Å². The molecule has 0 spiro atoms. The SMILES string of the molecule is N#CCCCCNC(=O)CC1CCNCC1. The molecule has 0 saturated carbocycles. The van der Waals surface area contributed by atoms with Crippen molar-refractivity contribution in [1.82, 2.24) is 10.6 Å². The van der Waals surface area contributed by atoms with E-state index < -0.39 is 0 Å². The summed E-state index contributed by atoms with van der Waals surface area (Å²) in [6.45, 7) is 2.80. The van der Waals surface area contributed by atoms with Crippen LogP contribution >= 0.6 is 0 Å². The van der Waals surface area contributed by atoms with Gasteiger partial charge in [0.2, 0.25) is 5.91 Å². The second kappa shape index (κ2) is 8.12. The Morgan fingerprint density at radius 1 is 1.38 bits per heavy atom. The van der Waals surface area contributed by atoms with E-state index in [0.29, 0.717) is 25.3 Å². The summed E-state index contributed by atoms with van der Waals surface area (Å²) in [5, 5.41) is 14.6. The summed E-state index contributed by atoms with van der Waals surface area (Å²) in [7, 11) is 0. The van der Waals surface area contributed by atoms with E-state index in [4.69, 9.17) is 5.26 Å². The van der Waals surface area contributed by atoms with Gasteiger partial charge in [-0.05, 0) is 44.7 Å². The van der Waals surface area contributed by atoms with Crippen molar-refractivity contribution in [3.8, 4) is 6.07 Å². The minimum Gasteiger partial charge on any atom is -0.356 e. The molecule has 1 aliphatic rings. The molecule has 16 heavy (non-hydrogen) atoms. The lowest BCUT2D eigenvalue weighted by Gasteiger charge is -2.21. The van der Waals surface area contributed by atoms with Crippen molar-refractivity contribution in [2.75, 3.05) is 19.6 Å². The van der Waals surface area contributed by atoms with Crippen molar-refractivity contribution in [2.45, 2.75) is 38.5 Å². The third-order valence-corrected chi connectivity index (χ3v) is 2.97. The molecule has 0 aliphatic carbocycles. The average Bonchev–Trinajstić information content (AvgIpc) is 2.30. The number of nitriles is 1. The minimum absolute atomic E-state index is 0.170. The first-order chi connectivity index (χ1) is 7.83. The van der Waals surface area contributed by atoms with E-state index >= 15 is 0 Å². The molecule has 1 saturated heterocycles. The Morgan fingerprint density at radius 3 is 2.81 bits per heavy atom. The van der Waals surface area contributed by atoms with Crippen molar-refractivity contribution in [3.63, 3.8) is 0 Å². The molecule has 0 aromatic rings. The fraction of sp³-hybridized carbons (Fsp3) is 0.833. The Morgan fingerprint density at radius 2 is 2.12 bits per heavy atom. The zero-order chi connectivity index (χ0) is 11.6. The molecule has 0 atom stereocenters. The van der Waals surface area contributed by atoms with Crippen molar-refractivity contribution >= 4 is 5.91 Å². The predicted octanol–water partition coefficient (Wildman–Crippen LogP) is 1.19. The molecule has 0 radical (unpaired) electrons. The fourth-order valence-corrected chi connectivity index (χ4v) is 1.98. The second-order valence-corrected chi connectivity index (χ2v) is 4.36. The van der Waals surface area contributed by atoms with Crippen LogP contribution in [0.4, 0.5) is 0 Å². The summed E-state index contributed by atoms with van der Waals surface area (Å²) in [6.07, 6.45) is 5.27. The van der Waals surface area contributed by atoms with Gasteiger partial charge in [0, 0.05) is 19.4 Å². The first-order valence-corrected chi connectivity index (χ1v) is 6.17. The molecule has 1 amide bonds. The molecule has 90 valence electrons. The quantitative estimate of drug-likeness (QED) is 0.665. The van der Waals surface area contributed by atoms with Crippen LogP contribution in [-0.4, -0.2) is 25.5 Å². The first-order valence-electron chi connectivity index (χ1n) is 6.17. The smallest absolute Gasteiger partial charge is 0.220 e. The molecule has 4 nitrogen and oxygen atoms in total. The molecule has 1 rings (SSSR count). The van der Waals surface area contributed by atoms with Crippen LogP contribution in [0.1, 0.15) is 38.5 Å². The predicted molar refractivity (Wildman–Crippen MR) is 62.7 cm³/mol. The number of nitrogens with zero attached hydrogens (tertiary/aromatic N) is 1. The minimum atomic E-state index is 0.170. The Labute approximate surface area is 97.4 Å². The molecular formula is C12H21N3O. The number of hydrogen-bond acceptors (Lipinski definition) is 3. The van der Waals surface area contributed by atoms with E-state index in [1.165, 1.54) is 0 Å². The van der Waals surface area contributed by atoms with Gasteiger partial charge in [-0.1, -0.05) is 0 Å². The van der Waals surface area contributed by atoms with E-state index in [1.54, 1.807) is 0 Å². The normalized spacial score (nSPS) is 16.7. The van der Waals surface area contributed by atoms with Gasteiger partial charge in [0.05, 0.1) is 6.07 Å². The highest BCUT2D eigenvalue weighted by Gasteiger charge is 2.16. The van der Waals surface area contributed by atoms with Crippen molar-refractivity contribution in [3.05, 3.63) is 0 Å². The van der Waals surface area contributed by atoms with Crippen LogP contribution in [0.5, 0.6) is 0 Å². The second-order valence-electron chi connectivity index (χ2n) is 4.36. The van der Waals surface area contributed by atoms with Gasteiger partial charge >= 0.3 is 0 Å². The van der Waals surface area contributed by atoms with E-state index in [2.05, 4.69) is 16.7 Å². The van der Waals surface area contributed by atoms with Crippen LogP contribution in [0.3, 0.4) is 0 Å². The van der Waals surface area contributed by atoms with E-state index in [-0.39, 0.29) is 5.91 Å². The number of carbonyl (C=O) groups is 1. The molecule has 0 aromatic carbocycles. The number of hydrogen-bond donors (Lipinski definition) is 2. The summed E-state index contributed by atoms with van der Waals surface area (Å²) >= 11 is 0. The van der Waals surface area contributed by atoms with Crippen molar-refractivity contribution < 1.29 is 4.79 Å². The summed E-state index contributed by atoms with van der Waals surface area (Å²) in [4.78, 5) is 11.5. The Balaban J connectivity index is 1.99. The summed E-state index contributed by atoms with van der Waals surface area (Å²) < 4.78 is 0. The van der Waals surface area contributed by atoms with Gasteiger partial charge in [-0.25, -0.2) is 0 Å². The zero-order valence-corrected chi connectivity index (χ0v) is 9.80. The maximum atomic E-state index is 11.5. The molecule has 0 unspecified atom stereocenters. The van der Waals surface area contributed by atoms with Crippen LogP contribution in [0.25, 0.3) is 0 Å². The largest absolute Gasteiger partial charge is 0.356 e. The highest BCUT2D eigenvalue weighted by molar-refractivity contribution is 5.76. The number of unbranched alkanes of at least 4 members (excludes halogenated alkanes) is 2. The van der Waals surface area contributed by atoms with E-state index in [1.807, 2.05) is 0 Å². The molecule has 1 aliphatic heterocycles. The lowest BCUT2D eigenvalue weighted by Crippen LogP contribution is -2.32. The Kier molecular flexibility index (Phi) is 6.59. The van der Waals surface area contributed by atoms with Gasteiger partial charge in [-0.15, -0.1) is 0 Å². The van der Waals surface area contributed by atoms with Crippen molar-refractivity contribution in [1.29, 1.82) is 5.26 Å². The summed E-state index contributed by atoms with van der Waals surface area (Å²) in [6, 6.07) is 2.10. The van der Waals surface area contributed by atoms with Crippen LogP contribution in [0.2, 0.25) is 0 Å². The lowest BCUT2D eigenvalue weighted by molar-refractivity contribution is -0.122. The highest BCUT2D eigenvalue weighted by Crippen LogP contribution is 2.15. The number of carbonyl (C=O) groups excluding carboxylic acids is 1. The van der Waals surface area contributed by atoms with Gasteiger partial charge in [-0.3, -0.25) is 4.79 Å². The summed E-state index contributed by atoms with van der Waals surface area (Å²) in [5.74, 6) is 0.726. The highest BCUT2D eigenvalue weighted by atomic mass is 16.1. The molecule has 4 heteroatoms. The van der Waals surface area contributed by atoms with Crippen LogP contribution in [-0.2, 0) is 4.79 Å². The maximum Gasteiger partial charge on any atom is 0.220 e. The van der Waals surface area contributed by atoms with Crippen LogP contribution in [0, 0.1) is 17.2 Å². The molecule has 2 N–H and O–H groups in total. The third-order valence-electron chi connectivity index (χ3n) is 2.97. The van der Waals surface area contributed by atoms with Crippen molar-refractivity contribution in [2.24, 2.45) is 5.92 Å². The number of piperidine rings is 1. The number of rotatable bonds is 6. The van der Waals surface area contributed by atoms with Crippen LogP contribution in [0.15, 0.2) is 0 Å². The number of nitrogens with one attached hydrogen (secondary N) is 2. The van der Waals surface area contributed by atoms with Gasteiger partial charge in [0.25, 0.3) is 0 Å². The Hall–Kier alpha value is -1.08. The summed E-state index contributed by atoms with van der Waals surface area (Å²) in [5.41, 5.74) is 0. The maximum absolute atomic E-state index is 11.5. The first kappa shape index (κ1) is 13.0. The standard InChI is InChI=1S/C12H21N3O/c13-6-2-1-3-7-15-12(16)10-11-4-8-14-9-5-11/h11,14H,1-5,7-10H2,(H,15,16). The fourth-order valence-electron chi connectivity index (χ4n) is 1.98.